The summed E-state index contributed by atoms with van der Waals surface area (Å²) in [5, 5.41) is 6.57. The highest BCUT2D eigenvalue weighted by atomic mass is 32.2. The zero-order valence-electron chi connectivity index (χ0n) is 16.4. The highest BCUT2D eigenvalue weighted by molar-refractivity contribution is 7.89. The molecule has 1 aromatic heterocycles. The summed E-state index contributed by atoms with van der Waals surface area (Å²) in [5.74, 6) is 0.832. The predicted octanol–water partition coefficient (Wildman–Crippen LogP) is 3.42. The van der Waals surface area contributed by atoms with Gasteiger partial charge in [0.15, 0.2) is 0 Å². The number of fused-ring (bicyclic) bond motifs is 1. The average Bonchev–Trinajstić information content (AvgIpc) is 2.94. The van der Waals surface area contributed by atoms with Crippen molar-refractivity contribution >= 4 is 20.8 Å². The van der Waals surface area contributed by atoms with Crippen LogP contribution in [0.3, 0.4) is 0 Å². The second-order valence-electron chi connectivity index (χ2n) is 7.35. The Labute approximate surface area is 165 Å². The Balaban J connectivity index is 1.45. The maximum atomic E-state index is 13.1. The molecule has 1 saturated heterocycles. The van der Waals surface area contributed by atoms with E-state index >= 15 is 0 Å². The lowest BCUT2D eigenvalue weighted by atomic mass is 10.1. The Morgan fingerprint density at radius 1 is 1.04 bits per heavy atom. The third-order valence-corrected chi connectivity index (χ3v) is 7.62. The number of hydrogen-bond acceptors (Lipinski definition) is 4. The van der Waals surface area contributed by atoms with Gasteiger partial charge in [0.25, 0.3) is 0 Å². The number of ether oxygens (including phenoxy) is 1. The third-order valence-electron chi connectivity index (χ3n) is 5.47. The second-order valence-corrected chi connectivity index (χ2v) is 9.23. The number of piperidine rings is 1. The summed E-state index contributed by atoms with van der Waals surface area (Å²) < 4.78 is 35.5. The Morgan fingerprint density at radius 3 is 2.36 bits per heavy atom. The molecule has 0 unspecified atom stereocenters. The minimum absolute atomic E-state index is 0.0173. The first-order valence-electron chi connectivity index (χ1n) is 9.52. The van der Waals surface area contributed by atoms with Gasteiger partial charge in [-0.1, -0.05) is 30.3 Å². The number of aromatic nitrogens is 2. The summed E-state index contributed by atoms with van der Waals surface area (Å²) in [4.78, 5) is 0.337. The fraction of sp³-hybridized carbons (Fsp3) is 0.381. The van der Waals surface area contributed by atoms with Gasteiger partial charge < -0.3 is 4.74 Å². The molecule has 2 aromatic carbocycles. The number of sulfonamides is 1. The second kappa shape index (κ2) is 7.22. The summed E-state index contributed by atoms with van der Waals surface area (Å²) in [6.45, 7) is 4.45. The molecule has 3 aromatic rings. The molecule has 148 valence electrons. The minimum Gasteiger partial charge on any atom is -0.490 e. The van der Waals surface area contributed by atoms with Gasteiger partial charge in [0, 0.05) is 20.1 Å². The molecule has 1 aliphatic rings. The molecular formula is C21H25N3O3S. The van der Waals surface area contributed by atoms with Crippen LogP contribution in [0.25, 0.3) is 10.8 Å². The highest BCUT2D eigenvalue weighted by Gasteiger charge is 2.33. The molecule has 1 aliphatic heterocycles. The Kier molecular flexibility index (Phi) is 4.89. The average molecular weight is 400 g/mol. The van der Waals surface area contributed by atoms with Crippen LogP contribution in [-0.2, 0) is 17.1 Å². The summed E-state index contributed by atoms with van der Waals surface area (Å²) in [6, 6.07) is 14.2. The van der Waals surface area contributed by atoms with Crippen molar-refractivity contribution in [3.63, 3.8) is 0 Å². The molecule has 7 heteroatoms. The van der Waals surface area contributed by atoms with Crippen molar-refractivity contribution in [3.8, 4) is 5.75 Å². The molecule has 0 aliphatic carbocycles. The van der Waals surface area contributed by atoms with E-state index < -0.39 is 10.0 Å². The molecule has 4 rings (SSSR count). The van der Waals surface area contributed by atoms with E-state index in [0.717, 1.165) is 11.1 Å². The van der Waals surface area contributed by atoms with E-state index in [9.17, 15) is 8.42 Å². The summed E-state index contributed by atoms with van der Waals surface area (Å²) >= 11 is 0. The Bertz CT molecular complexity index is 1110. The zero-order valence-corrected chi connectivity index (χ0v) is 17.2. The predicted molar refractivity (Wildman–Crippen MR) is 109 cm³/mol. The Hall–Kier alpha value is -2.38. The molecule has 6 nitrogen and oxygen atoms in total. The van der Waals surface area contributed by atoms with Crippen molar-refractivity contribution in [1.82, 2.24) is 14.1 Å². The SMILES string of the molecule is Cc1nn(C)c(C)c1S(=O)(=O)N1CCC(Oc2ccc3ccccc3c2)CC1. The van der Waals surface area contributed by atoms with E-state index in [0.29, 0.717) is 42.2 Å². The number of benzene rings is 2. The van der Waals surface area contributed by atoms with Crippen LogP contribution in [0.1, 0.15) is 24.2 Å². The van der Waals surface area contributed by atoms with Crippen molar-refractivity contribution in [2.75, 3.05) is 13.1 Å². The fourth-order valence-electron chi connectivity index (χ4n) is 3.88. The molecule has 28 heavy (non-hydrogen) atoms. The van der Waals surface area contributed by atoms with Gasteiger partial charge in [0.1, 0.15) is 16.7 Å². The molecule has 0 saturated carbocycles. The molecule has 2 heterocycles. The number of aryl methyl sites for hydroxylation is 2. The van der Waals surface area contributed by atoms with Crippen LogP contribution < -0.4 is 4.74 Å². The first kappa shape index (κ1) is 19.0. The lowest BCUT2D eigenvalue weighted by Gasteiger charge is -2.31. The molecular weight excluding hydrogens is 374 g/mol. The number of hydrogen-bond donors (Lipinski definition) is 0. The monoisotopic (exact) mass is 399 g/mol. The maximum Gasteiger partial charge on any atom is 0.246 e. The Morgan fingerprint density at radius 2 is 1.71 bits per heavy atom. The molecule has 0 atom stereocenters. The maximum absolute atomic E-state index is 13.1. The van der Waals surface area contributed by atoms with Crippen molar-refractivity contribution in [3.05, 3.63) is 53.9 Å². The van der Waals surface area contributed by atoms with Crippen LogP contribution in [-0.4, -0.2) is 41.7 Å². The molecule has 0 spiro atoms. The fourth-order valence-corrected chi connectivity index (χ4v) is 5.75. The minimum atomic E-state index is -3.53. The molecule has 0 N–H and O–H groups in total. The lowest BCUT2D eigenvalue weighted by molar-refractivity contribution is 0.135. The third kappa shape index (κ3) is 3.40. The van der Waals surface area contributed by atoms with Gasteiger partial charge >= 0.3 is 0 Å². The van der Waals surface area contributed by atoms with Crippen molar-refractivity contribution in [1.29, 1.82) is 0 Å². The summed E-state index contributed by atoms with van der Waals surface area (Å²) in [6.07, 6.45) is 1.36. The van der Waals surface area contributed by atoms with E-state index in [4.69, 9.17) is 4.74 Å². The lowest BCUT2D eigenvalue weighted by Crippen LogP contribution is -2.42. The van der Waals surface area contributed by atoms with Crippen LogP contribution in [0.4, 0.5) is 0 Å². The quantitative estimate of drug-likeness (QED) is 0.674. The summed E-state index contributed by atoms with van der Waals surface area (Å²) in [7, 11) is -1.76. The van der Waals surface area contributed by atoms with Gasteiger partial charge in [0.05, 0.1) is 11.4 Å². The standard InChI is InChI=1S/C21H25N3O3S/c1-15-21(16(2)23(3)22-15)28(25,26)24-12-10-19(11-13-24)27-20-9-8-17-6-4-5-7-18(17)14-20/h4-9,14,19H,10-13H2,1-3H3. The molecule has 0 bridgehead atoms. The normalized spacial score (nSPS) is 16.5. The first-order chi connectivity index (χ1) is 13.4. The van der Waals surface area contributed by atoms with Gasteiger partial charge in [-0.2, -0.15) is 9.40 Å². The van der Waals surface area contributed by atoms with E-state index in [2.05, 4.69) is 23.3 Å². The van der Waals surface area contributed by atoms with Crippen LogP contribution in [0, 0.1) is 13.8 Å². The van der Waals surface area contributed by atoms with Crippen molar-refractivity contribution in [2.45, 2.75) is 37.7 Å². The largest absolute Gasteiger partial charge is 0.490 e. The first-order valence-corrected chi connectivity index (χ1v) is 11.0. The van der Waals surface area contributed by atoms with Crippen LogP contribution in [0.15, 0.2) is 47.4 Å². The van der Waals surface area contributed by atoms with Gasteiger partial charge in [0.2, 0.25) is 10.0 Å². The van der Waals surface area contributed by atoms with Crippen LogP contribution >= 0.6 is 0 Å². The van der Waals surface area contributed by atoms with Gasteiger partial charge in [-0.3, -0.25) is 4.68 Å². The topological polar surface area (TPSA) is 64.4 Å². The van der Waals surface area contributed by atoms with Crippen LogP contribution in [0.2, 0.25) is 0 Å². The van der Waals surface area contributed by atoms with Crippen molar-refractivity contribution < 1.29 is 13.2 Å². The van der Waals surface area contributed by atoms with E-state index in [1.165, 1.54) is 5.39 Å². The number of nitrogens with zero attached hydrogens (tertiary/aromatic N) is 3. The zero-order chi connectivity index (χ0) is 19.9. The van der Waals surface area contributed by atoms with Gasteiger partial charge in [-0.15, -0.1) is 0 Å². The van der Waals surface area contributed by atoms with E-state index in [-0.39, 0.29) is 6.10 Å². The smallest absolute Gasteiger partial charge is 0.246 e. The highest BCUT2D eigenvalue weighted by Crippen LogP contribution is 2.28. The van der Waals surface area contributed by atoms with Crippen molar-refractivity contribution in [2.24, 2.45) is 7.05 Å². The van der Waals surface area contributed by atoms with E-state index in [1.807, 2.05) is 24.3 Å². The molecule has 0 radical (unpaired) electrons. The van der Waals surface area contributed by atoms with Crippen LogP contribution in [0.5, 0.6) is 5.75 Å². The molecule has 0 amide bonds. The van der Waals surface area contributed by atoms with E-state index in [1.54, 1.807) is 29.9 Å². The van der Waals surface area contributed by atoms with Gasteiger partial charge in [-0.25, -0.2) is 8.42 Å². The molecule has 1 fully saturated rings. The summed E-state index contributed by atoms with van der Waals surface area (Å²) in [5.41, 5.74) is 1.22. The number of rotatable bonds is 4. The van der Waals surface area contributed by atoms with Gasteiger partial charge in [-0.05, 0) is 49.6 Å².